The number of hydrogen-bond acceptors (Lipinski definition) is 3. The summed E-state index contributed by atoms with van der Waals surface area (Å²) in [5, 5.41) is 7.28. The van der Waals surface area contributed by atoms with E-state index in [1.807, 2.05) is 57.3 Å². The molecule has 1 heterocycles. The Balaban J connectivity index is 1.89. The zero-order valence-corrected chi connectivity index (χ0v) is 16.8. The van der Waals surface area contributed by atoms with Gasteiger partial charge in [0.1, 0.15) is 0 Å². The summed E-state index contributed by atoms with van der Waals surface area (Å²) in [7, 11) is 5.30. The van der Waals surface area contributed by atoms with E-state index in [4.69, 9.17) is 0 Å². The summed E-state index contributed by atoms with van der Waals surface area (Å²) >= 11 is 0. The lowest BCUT2D eigenvalue weighted by atomic mass is 10.0. The van der Waals surface area contributed by atoms with Crippen LogP contribution < -0.4 is 5.32 Å². The summed E-state index contributed by atoms with van der Waals surface area (Å²) in [4.78, 5) is 26.5. The second-order valence-electron chi connectivity index (χ2n) is 6.98. The summed E-state index contributed by atoms with van der Waals surface area (Å²) in [5.41, 5.74) is 5.33. The van der Waals surface area contributed by atoms with Gasteiger partial charge >= 0.3 is 0 Å². The molecule has 3 aromatic rings. The van der Waals surface area contributed by atoms with Gasteiger partial charge in [-0.05, 0) is 49.2 Å². The molecule has 1 N–H and O–H groups in total. The summed E-state index contributed by atoms with van der Waals surface area (Å²) in [6.45, 7) is 3.78. The fraction of sp³-hybridized carbons (Fsp3) is 0.227. The van der Waals surface area contributed by atoms with Crippen LogP contribution in [0.15, 0.2) is 48.5 Å². The largest absolute Gasteiger partial charge is 0.345 e. The molecule has 0 aliphatic carbocycles. The topological polar surface area (TPSA) is 67.2 Å². The predicted molar refractivity (Wildman–Crippen MR) is 111 cm³/mol. The van der Waals surface area contributed by atoms with Crippen molar-refractivity contribution in [2.45, 2.75) is 13.8 Å². The molecule has 2 amide bonds. The SMILES string of the molecule is Cc1nn(C)c(C)c1NC(=O)c1cccc(-c2cccc(C(=O)N(C)C)c2)c1. The maximum atomic E-state index is 12.8. The van der Waals surface area contributed by atoms with E-state index in [2.05, 4.69) is 10.4 Å². The van der Waals surface area contributed by atoms with Crippen LogP contribution in [0, 0.1) is 13.8 Å². The van der Waals surface area contributed by atoms with Crippen molar-refractivity contribution >= 4 is 17.5 Å². The maximum Gasteiger partial charge on any atom is 0.255 e. The van der Waals surface area contributed by atoms with Crippen LogP contribution in [0.2, 0.25) is 0 Å². The fourth-order valence-electron chi connectivity index (χ4n) is 3.07. The third-order valence-corrected chi connectivity index (χ3v) is 4.72. The number of nitrogens with zero attached hydrogens (tertiary/aromatic N) is 3. The third-order valence-electron chi connectivity index (χ3n) is 4.72. The molecule has 0 aliphatic heterocycles. The number of hydrogen-bond donors (Lipinski definition) is 1. The van der Waals surface area contributed by atoms with E-state index in [-0.39, 0.29) is 11.8 Å². The lowest BCUT2D eigenvalue weighted by Gasteiger charge is -2.12. The van der Waals surface area contributed by atoms with Gasteiger partial charge in [-0.2, -0.15) is 5.10 Å². The Kier molecular flexibility index (Phi) is 5.31. The van der Waals surface area contributed by atoms with E-state index in [0.29, 0.717) is 11.1 Å². The summed E-state index contributed by atoms with van der Waals surface area (Å²) in [6.07, 6.45) is 0. The summed E-state index contributed by atoms with van der Waals surface area (Å²) in [5.74, 6) is -0.250. The molecule has 6 nitrogen and oxygen atoms in total. The van der Waals surface area contributed by atoms with Crippen LogP contribution in [0.25, 0.3) is 11.1 Å². The molecular formula is C22H24N4O2. The number of benzene rings is 2. The molecule has 6 heteroatoms. The zero-order chi connectivity index (χ0) is 20.4. The van der Waals surface area contributed by atoms with Crippen LogP contribution in [0.4, 0.5) is 5.69 Å². The van der Waals surface area contributed by atoms with Crippen molar-refractivity contribution in [3.05, 3.63) is 71.0 Å². The van der Waals surface area contributed by atoms with E-state index in [1.165, 1.54) is 0 Å². The minimum absolute atomic E-state index is 0.0572. The Morgan fingerprint density at radius 1 is 0.964 bits per heavy atom. The van der Waals surface area contributed by atoms with Gasteiger partial charge in [-0.25, -0.2) is 0 Å². The Hall–Kier alpha value is -3.41. The number of nitrogens with one attached hydrogen (secondary N) is 1. The van der Waals surface area contributed by atoms with E-state index >= 15 is 0 Å². The highest BCUT2D eigenvalue weighted by molar-refractivity contribution is 6.05. The quantitative estimate of drug-likeness (QED) is 0.756. The van der Waals surface area contributed by atoms with Gasteiger partial charge in [0.2, 0.25) is 0 Å². The van der Waals surface area contributed by atoms with Gasteiger partial charge < -0.3 is 10.2 Å². The van der Waals surface area contributed by atoms with Crippen LogP contribution in [0.5, 0.6) is 0 Å². The van der Waals surface area contributed by atoms with Gasteiger partial charge in [0, 0.05) is 32.3 Å². The van der Waals surface area contributed by atoms with Crippen LogP contribution >= 0.6 is 0 Å². The average Bonchev–Trinajstić information content (AvgIpc) is 2.93. The second kappa shape index (κ2) is 7.68. The van der Waals surface area contributed by atoms with Gasteiger partial charge in [-0.3, -0.25) is 14.3 Å². The highest BCUT2D eigenvalue weighted by Gasteiger charge is 2.15. The van der Waals surface area contributed by atoms with Gasteiger partial charge in [0.15, 0.2) is 0 Å². The first-order valence-electron chi connectivity index (χ1n) is 9.01. The first-order chi connectivity index (χ1) is 13.3. The number of aryl methyl sites for hydroxylation is 2. The van der Waals surface area contributed by atoms with Crippen LogP contribution in [0.3, 0.4) is 0 Å². The first kappa shape index (κ1) is 19.4. The molecule has 0 fully saturated rings. The van der Waals surface area contributed by atoms with E-state index < -0.39 is 0 Å². The van der Waals surface area contributed by atoms with Crippen molar-refractivity contribution in [1.82, 2.24) is 14.7 Å². The van der Waals surface area contributed by atoms with Crippen molar-refractivity contribution < 1.29 is 9.59 Å². The van der Waals surface area contributed by atoms with Crippen molar-refractivity contribution in [2.24, 2.45) is 7.05 Å². The Labute approximate surface area is 164 Å². The molecule has 0 unspecified atom stereocenters. The highest BCUT2D eigenvalue weighted by Crippen LogP contribution is 2.24. The molecule has 2 aromatic carbocycles. The van der Waals surface area contributed by atoms with Crippen molar-refractivity contribution in [3.63, 3.8) is 0 Å². The van der Waals surface area contributed by atoms with Crippen LogP contribution in [-0.4, -0.2) is 40.6 Å². The molecule has 0 aliphatic rings. The van der Waals surface area contributed by atoms with Crippen molar-refractivity contribution in [2.75, 3.05) is 19.4 Å². The molecule has 0 saturated carbocycles. The number of aromatic nitrogens is 2. The standard InChI is InChI=1S/C22H24N4O2/c1-14-20(15(2)26(5)24-14)23-21(27)18-10-6-8-16(12-18)17-9-7-11-19(13-17)22(28)25(3)4/h6-13H,1-5H3,(H,23,27). The molecule has 0 atom stereocenters. The van der Waals surface area contributed by atoms with E-state index in [9.17, 15) is 9.59 Å². The van der Waals surface area contributed by atoms with Crippen LogP contribution in [0.1, 0.15) is 32.1 Å². The second-order valence-corrected chi connectivity index (χ2v) is 6.98. The Morgan fingerprint density at radius 3 is 2.07 bits per heavy atom. The lowest BCUT2D eigenvalue weighted by molar-refractivity contribution is 0.0827. The molecule has 0 radical (unpaired) electrons. The van der Waals surface area contributed by atoms with Crippen molar-refractivity contribution in [1.29, 1.82) is 0 Å². The molecule has 3 rings (SSSR count). The number of anilines is 1. The summed E-state index contributed by atoms with van der Waals surface area (Å²) in [6, 6.07) is 14.8. The van der Waals surface area contributed by atoms with Gasteiger partial charge in [0.25, 0.3) is 11.8 Å². The monoisotopic (exact) mass is 376 g/mol. The number of amides is 2. The third kappa shape index (κ3) is 3.81. The smallest absolute Gasteiger partial charge is 0.255 e. The average molecular weight is 376 g/mol. The molecule has 28 heavy (non-hydrogen) atoms. The molecule has 0 bridgehead atoms. The first-order valence-corrected chi connectivity index (χ1v) is 9.01. The van der Waals surface area contributed by atoms with E-state index in [1.54, 1.807) is 35.8 Å². The molecule has 0 saturated heterocycles. The summed E-state index contributed by atoms with van der Waals surface area (Å²) < 4.78 is 1.74. The molecule has 1 aromatic heterocycles. The number of carbonyl (C=O) groups is 2. The molecular weight excluding hydrogens is 352 g/mol. The normalized spacial score (nSPS) is 10.6. The Morgan fingerprint density at radius 2 is 1.54 bits per heavy atom. The van der Waals surface area contributed by atoms with Gasteiger partial charge in [0.05, 0.1) is 17.1 Å². The Bertz CT molecular complexity index is 1050. The fourth-order valence-corrected chi connectivity index (χ4v) is 3.07. The minimum atomic E-state index is -0.193. The van der Waals surface area contributed by atoms with Crippen molar-refractivity contribution in [3.8, 4) is 11.1 Å². The van der Waals surface area contributed by atoms with Gasteiger partial charge in [-0.15, -0.1) is 0 Å². The predicted octanol–water partition coefficient (Wildman–Crippen LogP) is 3.66. The molecule has 0 spiro atoms. The van der Waals surface area contributed by atoms with Crippen LogP contribution in [-0.2, 0) is 7.05 Å². The number of carbonyl (C=O) groups excluding carboxylic acids is 2. The van der Waals surface area contributed by atoms with E-state index in [0.717, 1.165) is 28.2 Å². The van der Waals surface area contributed by atoms with Gasteiger partial charge in [-0.1, -0.05) is 24.3 Å². The highest BCUT2D eigenvalue weighted by atomic mass is 16.2. The lowest BCUT2D eigenvalue weighted by Crippen LogP contribution is -2.21. The molecule has 144 valence electrons. The maximum absolute atomic E-state index is 12.8. The zero-order valence-electron chi connectivity index (χ0n) is 16.8. The minimum Gasteiger partial charge on any atom is -0.345 e. The number of rotatable bonds is 4.